The highest BCUT2D eigenvalue weighted by atomic mass is 35.5. The van der Waals surface area contributed by atoms with Gasteiger partial charge in [0.1, 0.15) is 12.4 Å². The lowest BCUT2D eigenvalue weighted by molar-refractivity contribution is 0.0947. The lowest BCUT2D eigenvalue weighted by atomic mass is 10.2. The van der Waals surface area contributed by atoms with Gasteiger partial charge in [0.25, 0.3) is 15.9 Å². The number of carbonyl (C=O) groups excluding carboxylic acids is 1. The molecule has 12 heteroatoms. The summed E-state index contributed by atoms with van der Waals surface area (Å²) in [6.07, 6.45) is 1.75. The first kappa shape index (κ1) is 27.9. The van der Waals surface area contributed by atoms with Crippen LogP contribution < -0.4 is 14.4 Å². The van der Waals surface area contributed by atoms with Gasteiger partial charge in [-0.15, -0.1) is 0 Å². The molecule has 1 fully saturated rings. The quantitative estimate of drug-likeness (QED) is 0.367. The number of sulfonamides is 2. The predicted molar refractivity (Wildman–Crippen MR) is 146 cm³/mol. The van der Waals surface area contributed by atoms with Gasteiger partial charge in [-0.3, -0.25) is 9.10 Å². The first-order chi connectivity index (χ1) is 18.1. The molecule has 1 heterocycles. The van der Waals surface area contributed by atoms with Crippen molar-refractivity contribution in [1.82, 2.24) is 9.62 Å². The zero-order valence-electron chi connectivity index (χ0n) is 20.7. The van der Waals surface area contributed by atoms with Gasteiger partial charge in [-0.2, -0.15) is 4.31 Å². The Kier molecular flexibility index (Phi) is 8.61. The number of anilines is 1. The highest BCUT2D eigenvalue weighted by Gasteiger charge is 2.27. The second kappa shape index (κ2) is 11.7. The number of hydrogen-bond donors (Lipinski definition) is 1. The fourth-order valence-corrected chi connectivity index (χ4v) is 6.79. The molecule has 0 spiro atoms. The Morgan fingerprint density at radius 3 is 2.08 bits per heavy atom. The number of halogens is 1. The van der Waals surface area contributed by atoms with Crippen molar-refractivity contribution < 1.29 is 26.4 Å². The topological polar surface area (TPSA) is 113 Å². The number of rotatable bonds is 10. The summed E-state index contributed by atoms with van der Waals surface area (Å²) in [7, 11) is -5.82. The van der Waals surface area contributed by atoms with Gasteiger partial charge in [0.05, 0.1) is 22.0 Å². The summed E-state index contributed by atoms with van der Waals surface area (Å²) in [4.78, 5) is 12.8. The van der Waals surface area contributed by atoms with Crippen molar-refractivity contribution in [2.75, 3.05) is 37.6 Å². The molecule has 1 aliphatic heterocycles. The molecule has 4 rings (SSSR count). The van der Waals surface area contributed by atoms with E-state index in [1.165, 1.54) is 47.8 Å². The Balaban J connectivity index is 1.27. The van der Waals surface area contributed by atoms with E-state index >= 15 is 0 Å². The molecule has 0 aliphatic carbocycles. The zero-order chi connectivity index (χ0) is 27.3. The van der Waals surface area contributed by atoms with Crippen LogP contribution in [0.3, 0.4) is 0 Å². The normalized spacial score (nSPS) is 14.3. The van der Waals surface area contributed by atoms with E-state index < -0.39 is 20.0 Å². The molecule has 3 aromatic rings. The Bertz CT molecular complexity index is 1470. The van der Waals surface area contributed by atoms with E-state index in [2.05, 4.69) is 5.32 Å². The lowest BCUT2D eigenvalue weighted by Crippen LogP contribution is -2.29. The molecule has 1 saturated heterocycles. The predicted octanol–water partition coefficient (Wildman–Crippen LogP) is 3.76. The fraction of sp³-hybridized carbons (Fsp3) is 0.269. The van der Waals surface area contributed by atoms with Gasteiger partial charge in [0.15, 0.2) is 0 Å². The Hall–Kier alpha value is -3.12. The van der Waals surface area contributed by atoms with Gasteiger partial charge >= 0.3 is 0 Å². The summed E-state index contributed by atoms with van der Waals surface area (Å²) in [5.41, 5.74) is 0.762. The first-order valence-corrected chi connectivity index (χ1v) is 15.2. The van der Waals surface area contributed by atoms with E-state index in [1.807, 2.05) is 0 Å². The summed E-state index contributed by atoms with van der Waals surface area (Å²) in [5, 5.41) is 3.18. The third kappa shape index (κ3) is 6.29. The molecule has 0 radical (unpaired) electrons. The third-order valence-electron chi connectivity index (χ3n) is 6.15. The van der Waals surface area contributed by atoms with E-state index in [9.17, 15) is 21.6 Å². The molecule has 3 aromatic carbocycles. The Morgan fingerprint density at radius 2 is 1.47 bits per heavy atom. The lowest BCUT2D eigenvalue weighted by Gasteiger charge is -2.20. The van der Waals surface area contributed by atoms with Crippen molar-refractivity contribution in [3.63, 3.8) is 0 Å². The molecule has 202 valence electrons. The molecule has 0 aromatic heterocycles. The van der Waals surface area contributed by atoms with Gasteiger partial charge in [-0.05, 0) is 85.6 Å². The second-order valence-corrected chi connectivity index (χ2v) is 13.0. The van der Waals surface area contributed by atoms with Crippen LogP contribution in [0.2, 0.25) is 5.02 Å². The van der Waals surface area contributed by atoms with E-state index in [0.717, 1.165) is 17.1 Å². The maximum atomic E-state index is 12.8. The number of benzene rings is 3. The van der Waals surface area contributed by atoms with Gasteiger partial charge < -0.3 is 10.1 Å². The number of amides is 1. The summed E-state index contributed by atoms with van der Waals surface area (Å²) in [5.74, 6) is 0.157. The molecular weight excluding hydrogens is 550 g/mol. The monoisotopic (exact) mass is 577 g/mol. The van der Waals surface area contributed by atoms with E-state index in [-0.39, 0.29) is 28.8 Å². The Morgan fingerprint density at radius 1 is 0.895 bits per heavy atom. The van der Waals surface area contributed by atoms with E-state index in [4.69, 9.17) is 16.3 Å². The summed E-state index contributed by atoms with van der Waals surface area (Å²) < 4.78 is 59.1. The molecule has 38 heavy (non-hydrogen) atoms. The molecule has 1 aliphatic rings. The van der Waals surface area contributed by atoms with Crippen LogP contribution >= 0.6 is 11.6 Å². The van der Waals surface area contributed by atoms with E-state index in [1.54, 1.807) is 36.4 Å². The van der Waals surface area contributed by atoms with Gasteiger partial charge in [-0.1, -0.05) is 11.6 Å². The van der Waals surface area contributed by atoms with Crippen molar-refractivity contribution in [2.24, 2.45) is 0 Å². The summed E-state index contributed by atoms with van der Waals surface area (Å²) >= 11 is 5.85. The van der Waals surface area contributed by atoms with Crippen LogP contribution in [0.4, 0.5) is 5.69 Å². The second-order valence-electron chi connectivity index (χ2n) is 8.66. The highest BCUT2D eigenvalue weighted by Crippen LogP contribution is 2.24. The number of nitrogens with zero attached hydrogens (tertiary/aromatic N) is 2. The number of hydrogen-bond acceptors (Lipinski definition) is 6. The van der Waals surface area contributed by atoms with Crippen molar-refractivity contribution in [2.45, 2.75) is 22.6 Å². The SMILES string of the molecule is CN(c1ccc(C(=O)NCCOc2ccc(S(=O)(=O)N3CCCC3)cc2)cc1)S(=O)(=O)c1ccc(Cl)cc1. The number of ether oxygens (including phenoxy) is 1. The molecule has 1 N–H and O–H groups in total. The van der Waals surface area contributed by atoms with Crippen LogP contribution in [0.5, 0.6) is 5.75 Å². The molecule has 1 amide bonds. The zero-order valence-corrected chi connectivity index (χ0v) is 23.1. The third-order valence-corrected chi connectivity index (χ3v) is 10.1. The van der Waals surface area contributed by atoms with Gasteiger partial charge in [-0.25, -0.2) is 16.8 Å². The van der Waals surface area contributed by atoms with Crippen LogP contribution in [0.1, 0.15) is 23.2 Å². The van der Waals surface area contributed by atoms with Crippen molar-refractivity contribution in [3.8, 4) is 5.75 Å². The van der Waals surface area contributed by atoms with Crippen LogP contribution in [0.25, 0.3) is 0 Å². The molecule has 0 saturated carbocycles. The summed E-state index contributed by atoms with van der Waals surface area (Å²) in [6.45, 7) is 1.49. The smallest absolute Gasteiger partial charge is 0.264 e. The highest BCUT2D eigenvalue weighted by molar-refractivity contribution is 7.92. The van der Waals surface area contributed by atoms with Crippen molar-refractivity contribution >= 4 is 43.2 Å². The average Bonchev–Trinajstić information content (AvgIpc) is 3.47. The number of nitrogens with one attached hydrogen (secondary N) is 1. The van der Waals surface area contributed by atoms with Gasteiger partial charge in [0, 0.05) is 30.7 Å². The minimum atomic E-state index is -3.78. The van der Waals surface area contributed by atoms with Gasteiger partial charge in [0.2, 0.25) is 10.0 Å². The fourth-order valence-electron chi connectivity index (χ4n) is 3.95. The molecule has 9 nitrogen and oxygen atoms in total. The van der Waals surface area contributed by atoms with E-state index in [0.29, 0.717) is 35.1 Å². The van der Waals surface area contributed by atoms with Crippen molar-refractivity contribution in [1.29, 1.82) is 0 Å². The van der Waals surface area contributed by atoms with Crippen molar-refractivity contribution in [3.05, 3.63) is 83.4 Å². The maximum absolute atomic E-state index is 12.8. The molecule has 0 bridgehead atoms. The maximum Gasteiger partial charge on any atom is 0.264 e. The molecule has 0 unspecified atom stereocenters. The van der Waals surface area contributed by atoms with Crippen LogP contribution in [-0.4, -0.2) is 60.3 Å². The van der Waals surface area contributed by atoms with Crippen LogP contribution in [0, 0.1) is 0 Å². The largest absolute Gasteiger partial charge is 0.492 e. The minimum absolute atomic E-state index is 0.106. The average molecular weight is 578 g/mol. The first-order valence-electron chi connectivity index (χ1n) is 11.9. The summed E-state index contributed by atoms with van der Waals surface area (Å²) in [6, 6.07) is 18.3. The molecule has 0 atom stereocenters. The van der Waals surface area contributed by atoms with Crippen LogP contribution in [-0.2, 0) is 20.0 Å². The standard InChI is InChI=1S/C26H28ClN3O6S2/c1-29(37(32,33)24-12-6-21(27)7-13-24)22-8-4-20(5-9-22)26(31)28-16-19-36-23-10-14-25(15-11-23)38(34,35)30-17-2-3-18-30/h4-15H,2-3,16-19H2,1H3,(H,28,31). The Labute approximate surface area is 228 Å². The van der Waals surface area contributed by atoms with Crippen LogP contribution in [0.15, 0.2) is 82.6 Å². The molecular formula is C26H28ClN3O6S2. The minimum Gasteiger partial charge on any atom is -0.492 e. The number of carbonyl (C=O) groups is 1.